The first-order valence-corrected chi connectivity index (χ1v) is 6.01. The highest BCUT2D eigenvalue weighted by atomic mass is 19.4. The number of ether oxygens (including phenoxy) is 1. The smallest absolute Gasteiger partial charge is 0.360 e. The van der Waals surface area contributed by atoms with Crippen LogP contribution in [0.4, 0.5) is 26.3 Å². The number of alkyl halides is 6. The molecule has 0 saturated heterocycles. The highest BCUT2D eigenvalue weighted by molar-refractivity contribution is 4.76. The summed E-state index contributed by atoms with van der Waals surface area (Å²) in [4.78, 5) is 0. The van der Waals surface area contributed by atoms with Gasteiger partial charge < -0.3 is 10.1 Å². The molecule has 0 saturated carbocycles. The van der Waals surface area contributed by atoms with Crippen LogP contribution < -0.4 is 5.32 Å². The Hall–Kier alpha value is -0.500. The molecule has 0 aliphatic carbocycles. The molecule has 19 heavy (non-hydrogen) atoms. The molecule has 0 fully saturated rings. The van der Waals surface area contributed by atoms with E-state index in [-0.39, 0.29) is 6.54 Å². The fraction of sp³-hybridized carbons (Fsp3) is 1.00. The van der Waals surface area contributed by atoms with E-state index < -0.39 is 25.1 Å². The first-order valence-electron chi connectivity index (χ1n) is 6.01. The second-order valence-corrected chi connectivity index (χ2v) is 4.62. The Morgan fingerprint density at radius 2 is 1.47 bits per heavy atom. The highest BCUT2D eigenvalue weighted by Gasteiger charge is 2.57. The molecule has 2 nitrogen and oxygen atoms in total. The molecular formula is C11H19F6NO. The van der Waals surface area contributed by atoms with E-state index in [2.05, 4.69) is 10.1 Å². The Bertz CT molecular complexity index is 224. The number of rotatable bonds is 8. The quantitative estimate of drug-likeness (QED) is 0.546. The topological polar surface area (TPSA) is 21.3 Å². The molecule has 0 aliphatic rings. The normalized spacial score (nSPS) is 13.6. The van der Waals surface area contributed by atoms with Crippen LogP contribution >= 0.6 is 0 Å². The molecule has 0 unspecified atom stereocenters. The van der Waals surface area contributed by atoms with Crippen LogP contribution in [0.2, 0.25) is 0 Å². The van der Waals surface area contributed by atoms with Crippen molar-refractivity contribution in [3.8, 4) is 0 Å². The fourth-order valence-corrected chi connectivity index (χ4v) is 1.38. The lowest BCUT2D eigenvalue weighted by atomic mass is 10.1. The third-order valence-electron chi connectivity index (χ3n) is 2.29. The van der Waals surface area contributed by atoms with Crippen molar-refractivity contribution in [2.45, 2.75) is 45.1 Å². The zero-order chi connectivity index (χ0) is 15.1. The molecule has 0 aromatic carbocycles. The second kappa shape index (κ2) is 7.94. The Kier molecular flexibility index (Phi) is 7.73. The van der Waals surface area contributed by atoms with Crippen molar-refractivity contribution in [1.29, 1.82) is 0 Å². The molecule has 0 bridgehead atoms. The minimum atomic E-state index is -5.43. The Labute approximate surface area is 108 Å². The van der Waals surface area contributed by atoms with Crippen LogP contribution in [0, 0.1) is 5.92 Å². The summed E-state index contributed by atoms with van der Waals surface area (Å²) in [5.74, 6) is 0.512. The molecule has 0 aliphatic heterocycles. The van der Waals surface area contributed by atoms with Gasteiger partial charge in [-0.2, -0.15) is 26.3 Å². The molecule has 0 atom stereocenters. The van der Waals surface area contributed by atoms with Crippen molar-refractivity contribution in [3.05, 3.63) is 0 Å². The van der Waals surface area contributed by atoms with Gasteiger partial charge in [-0.15, -0.1) is 0 Å². The van der Waals surface area contributed by atoms with Crippen molar-refractivity contribution in [2.24, 2.45) is 5.92 Å². The summed E-state index contributed by atoms with van der Waals surface area (Å²) in [6, 6.07) is 0. The molecule has 0 spiro atoms. The van der Waals surface area contributed by atoms with E-state index in [4.69, 9.17) is 0 Å². The van der Waals surface area contributed by atoms with Crippen LogP contribution in [-0.4, -0.2) is 38.2 Å². The molecule has 0 aromatic rings. The molecule has 116 valence electrons. The van der Waals surface area contributed by atoms with E-state index in [1.54, 1.807) is 0 Å². The number of hydrogen-bond donors (Lipinski definition) is 1. The lowest BCUT2D eigenvalue weighted by molar-refractivity contribution is -0.321. The van der Waals surface area contributed by atoms with Crippen LogP contribution in [0.3, 0.4) is 0 Å². The van der Waals surface area contributed by atoms with Crippen molar-refractivity contribution in [2.75, 3.05) is 19.7 Å². The maximum absolute atomic E-state index is 12.1. The molecule has 0 aromatic heterocycles. The zero-order valence-corrected chi connectivity index (χ0v) is 10.9. The van der Waals surface area contributed by atoms with Crippen molar-refractivity contribution in [3.63, 3.8) is 0 Å². The first kappa shape index (κ1) is 18.5. The first-order chi connectivity index (χ1) is 8.55. The summed E-state index contributed by atoms with van der Waals surface area (Å²) in [7, 11) is 0. The van der Waals surface area contributed by atoms with E-state index in [9.17, 15) is 26.3 Å². The van der Waals surface area contributed by atoms with Gasteiger partial charge in [0.1, 0.15) is 0 Å². The monoisotopic (exact) mass is 295 g/mol. The summed E-state index contributed by atoms with van der Waals surface area (Å²) < 4.78 is 76.3. The van der Waals surface area contributed by atoms with Gasteiger partial charge in [-0.3, -0.25) is 0 Å². The summed E-state index contributed by atoms with van der Waals surface area (Å²) in [6.07, 6.45) is -12.8. The maximum atomic E-state index is 12.1. The van der Waals surface area contributed by atoms with Crippen molar-refractivity contribution >= 4 is 0 Å². The molecule has 1 N–H and O–H groups in total. The predicted octanol–water partition coefficient (Wildman–Crippen LogP) is 3.52. The molecule has 0 radical (unpaired) electrons. The zero-order valence-electron chi connectivity index (χ0n) is 10.9. The summed E-state index contributed by atoms with van der Waals surface area (Å²) in [5, 5.41) is 2.74. The largest absolute Gasteiger partial charge is 0.423 e. The number of nitrogens with one attached hydrogen (secondary N) is 1. The van der Waals surface area contributed by atoms with Gasteiger partial charge in [0.05, 0.1) is 6.61 Å². The lowest BCUT2D eigenvalue weighted by Crippen LogP contribution is -2.45. The van der Waals surface area contributed by atoms with Gasteiger partial charge in [0, 0.05) is 6.54 Å². The summed E-state index contributed by atoms with van der Waals surface area (Å²) >= 11 is 0. The average Bonchev–Trinajstić information content (AvgIpc) is 2.17. The van der Waals surface area contributed by atoms with Gasteiger partial charge >= 0.3 is 12.4 Å². The van der Waals surface area contributed by atoms with Gasteiger partial charge in [0.25, 0.3) is 0 Å². The van der Waals surface area contributed by atoms with Crippen molar-refractivity contribution in [1.82, 2.24) is 5.32 Å². The third-order valence-corrected chi connectivity index (χ3v) is 2.29. The van der Waals surface area contributed by atoms with Gasteiger partial charge in [-0.1, -0.05) is 13.8 Å². The SMILES string of the molecule is CC(C)CCCNCCOC(C(F)(F)F)C(F)(F)F. The van der Waals surface area contributed by atoms with E-state index in [0.717, 1.165) is 12.8 Å². The van der Waals surface area contributed by atoms with Crippen LogP contribution in [0.1, 0.15) is 26.7 Å². The molecular weight excluding hydrogens is 276 g/mol. The van der Waals surface area contributed by atoms with E-state index in [0.29, 0.717) is 12.5 Å². The Morgan fingerprint density at radius 3 is 1.89 bits per heavy atom. The Balaban J connectivity index is 3.84. The van der Waals surface area contributed by atoms with Gasteiger partial charge in [0.2, 0.25) is 6.10 Å². The number of hydrogen-bond acceptors (Lipinski definition) is 2. The molecule has 0 rings (SSSR count). The summed E-state index contributed by atoms with van der Waals surface area (Å²) in [5.41, 5.74) is 0. The van der Waals surface area contributed by atoms with Gasteiger partial charge in [-0.05, 0) is 25.3 Å². The van der Waals surface area contributed by atoms with Crippen LogP contribution in [0.15, 0.2) is 0 Å². The second-order valence-electron chi connectivity index (χ2n) is 4.62. The van der Waals surface area contributed by atoms with E-state index in [1.807, 2.05) is 13.8 Å². The van der Waals surface area contributed by atoms with E-state index in [1.165, 1.54) is 0 Å². The highest BCUT2D eigenvalue weighted by Crippen LogP contribution is 2.35. The molecule has 0 heterocycles. The van der Waals surface area contributed by atoms with E-state index >= 15 is 0 Å². The third kappa shape index (κ3) is 9.10. The minimum Gasteiger partial charge on any atom is -0.360 e. The molecule has 0 amide bonds. The predicted molar refractivity (Wildman–Crippen MR) is 58.8 cm³/mol. The fourth-order valence-electron chi connectivity index (χ4n) is 1.38. The van der Waals surface area contributed by atoms with Gasteiger partial charge in [0.15, 0.2) is 0 Å². The molecule has 8 heteroatoms. The maximum Gasteiger partial charge on any atom is 0.423 e. The lowest BCUT2D eigenvalue weighted by Gasteiger charge is -2.23. The van der Waals surface area contributed by atoms with Gasteiger partial charge in [-0.25, -0.2) is 0 Å². The van der Waals surface area contributed by atoms with Crippen LogP contribution in [0.25, 0.3) is 0 Å². The van der Waals surface area contributed by atoms with Crippen molar-refractivity contribution < 1.29 is 31.1 Å². The minimum absolute atomic E-state index is 0.0409. The standard InChI is InChI=1S/C11H19F6NO/c1-8(2)4-3-5-18-6-7-19-9(10(12,13)14)11(15,16)17/h8-9,18H,3-7H2,1-2H3. The Morgan fingerprint density at radius 1 is 0.947 bits per heavy atom. The van der Waals surface area contributed by atoms with Crippen LogP contribution in [0.5, 0.6) is 0 Å². The van der Waals surface area contributed by atoms with Crippen LogP contribution in [-0.2, 0) is 4.74 Å². The average molecular weight is 295 g/mol. The number of halogens is 6. The summed E-state index contributed by atoms with van der Waals surface area (Å²) in [6.45, 7) is 3.93.